The van der Waals surface area contributed by atoms with E-state index in [1.807, 2.05) is 13.0 Å². The number of aryl methyl sites for hydroxylation is 1. The molecule has 0 aliphatic carbocycles. The first-order chi connectivity index (χ1) is 14.4. The number of tetrazole rings is 1. The maximum atomic E-state index is 13.5. The molecule has 0 unspecified atom stereocenters. The number of aromatic nitrogens is 4. The molecule has 0 fully saturated rings. The van der Waals surface area contributed by atoms with Crippen LogP contribution in [0.5, 0.6) is 11.5 Å². The van der Waals surface area contributed by atoms with Crippen LogP contribution in [0.25, 0.3) is 11.1 Å². The Morgan fingerprint density at radius 1 is 1.13 bits per heavy atom. The zero-order valence-corrected chi connectivity index (χ0v) is 20.7. The van der Waals surface area contributed by atoms with Crippen LogP contribution in [0.15, 0.2) is 36.4 Å². The summed E-state index contributed by atoms with van der Waals surface area (Å²) in [7, 11) is 0. The largest absolute Gasteiger partial charge is 1.00 e. The van der Waals surface area contributed by atoms with E-state index in [1.165, 1.54) is 12.1 Å². The van der Waals surface area contributed by atoms with E-state index in [2.05, 4.69) is 34.5 Å². The third kappa shape index (κ3) is 6.76. The van der Waals surface area contributed by atoms with E-state index in [4.69, 9.17) is 4.74 Å². The molecule has 0 radical (unpaired) electrons. The van der Waals surface area contributed by atoms with Gasteiger partial charge in [0.2, 0.25) is 0 Å². The first-order valence-corrected chi connectivity index (χ1v) is 10.3. The van der Waals surface area contributed by atoms with Crippen LogP contribution in [0.3, 0.4) is 0 Å². The Bertz CT molecular complexity index is 964. The predicted molar refractivity (Wildman–Crippen MR) is 113 cm³/mol. The molecule has 3 rings (SSSR count). The molecule has 0 amide bonds. The second-order valence-corrected chi connectivity index (χ2v) is 8.09. The van der Waals surface area contributed by atoms with Crippen LogP contribution in [0.4, 0.5) is 4.39 Å². The molecule has 0 spiro atoms. The summed E-state index contributed by atoms with van der Waals surface area (Å²) in [5.41, 5.74) is 2.11. The predicted octanol–water partition coefficient (Wildman–Crippen LogP) is 1.82. The van der Waals surface area contributed by atoms with Gasteiger partial charge in [-0.2, -0.15) is 0 Å². The summed E-state index contributed by atoms with van der Waals surface area (Å²) in [6.45, 7) is 6.80. The Hall–Kier alpha value is -1.96. The first kappa shape index (κ1) is 25.3. The Balaban J connectivity index is 0.00000341. The smallest absolute Gasteiger partial charge is 0.507 e. The van der Waals surface area contributed by atoms with Gasteiger partial charge in [-0.25, -0.2) is 4.39 Å². The number of phenolic OH excluding ortho intramolecular Hbond substituents is 1. The molecular formula is C23H28FN4NaO2. The second kappa shape index (κ2) is 11.6. The minimum absolute atomic E-state index is 0. The average molecular weight is 434 g/mol. The van der Waals surface area contributed by atoms with Crippen LogP contribution in [0.2, 0.25) is 0 Å². The van der Waals surface area contributed by atoms with E-state index in [9.17, 15) is 9.50 Å². The fourth-order valence-corrected chi connectivity index (χ4v) is 3.47. The zero-order valence-electron chi connectivity index (χ0n) is 18.7. The van der Waals surface area contributed by atoms with E-state index in [-0.39, 0.29) is 46.5 Å². The second-order valence-electron chi connectivity index (χ2n) is 8.09. The van der Waals surface area contributed by atoms with Gasteiger partial charge in [0.1, 0.15) is 17.3 Å². The van der Waals surface area contributed by atoms with E-state index < -0.39 is 0 Å². The summed E-state index contributed by atoms with van der Waals surface area (Å²) in [5.74, 6) is 1.12. The maximum absolute atomic E-state index is 13.5. The van der Waals surface area contributed by atoms with Gasteiger partial charge in [-0.15, -0.1) is 0 Å². The van der Waals surface area contributed by atoms with E-state index in [1.54, 1.807) is 18.2 Å². The number of halogens is 1. The van der Waals surface area contributed by atoms with Gasteiger partial charge in [-0.1, -0.05) is 45.7 Å². The molecule has 0 saturated heterocycles. The molecule has 31 heavy (non-hydrogen) atoms. The zero-order chi connectivity index (χ0) is 21.6. The van der Waals surface area contributed by atoms with Gasteiger partial charge in [0.25, 0.3) is 0 Å². The number of rotatable bonds is 10. The quantitative estimate of drug-likeness (QED) is 0.387. The number of benzene rings is 2. The average Bonchev–Trinajstić information content (AvgIpc) is 3.26. The van der Waals surface area contributed by atoms with Crippen molar-refractivity contribution in [2.24, 2.45) is 0 Å². The summed E-state index contributed by atoms with van der Waals surface area (Å²) in [4.78, 5) is 0. The molecule has 1 N–H and O–H groups in total. The van der Waals surface area contributed by atoms with Gasteiger partial charge < -0.3 is 14.9 Å². The molecule has 160 valence electrons. The molecule has 0 aliphatic heterocycles. The van der Waals surface area contributed by atoms with Crippen LogP contribution in [0, 0.1) is 5.82 Å². The minimum Gasteiger partial charge on any atom is -0.507 e. The van der Waals surface area contributed by atoms with Crippen LogP contribution in [0.1, 0.15) is 57.8 Å². The van der Waals surface area contributed by atoms with Crippen molar-refractivity contribution in [1.82, 2.24) is 20.6 Å². The van der Waals surface area contributed by atoms with Crippen molar-refractivity contribution in [3.8, 4) is 22.6 Å². The third-order valence-electron chi connectivity index (χ3n) is 5.32. The fourth-order valence-electron chi connectivity index (χ4n) is 3.47. The summed E-state index contributed by atoms with van der Waals surface area (Å²) in [6, 6.07) is 9.74. The van der Waals surface area contributed by atoms with Crippen molar-refractivity contribution in [3.05, 3.63) is 53.6 Å². The standard InChI is InChI=1S/C23H28FN4O2.Na/c1-4-16-14-19(17-9-8-10-18(24)13-17)20(29)15-21(16)30-12-7-5-6-11-23(2,3)22-25-27-28-26-22;/h8-10,13-15H,4-7,11-12H2,1-3H3,(H-,25,26,27,28,29);/q-1;+1. The molecule has 0 saturated carbocycles. The molecule has 3 aromatic rings. The van der Waals surface area contributed by atoms with E-state index in [0.717, 1.165) is 37.7 Å². The number of phenols is 1. The van der Waals surface area contributed by atoms with Crippen molar-refractivity contribution >= 4 is 0 Å². The molecule has 2 aromatic carbocycles. The van der Waals surface area contributed by atoms with Gasteiger partial charge in [0, 0.05) is 22.9 Å². The maximum Gasteiger partial charge on any atom is 1.00 e. The molecule has 0 atom stereocenters. The number of aromatic hydroxyl groups is 1. The first-order valence-electron chi connectivity index (χ1n) is 10.3. The SMILES string of the molecule is CCc1cc(-c2cccc(F)c2)c(O)cc1OCCCCCC(C)(C)c1nn[n-]n1.[Na+]. The monoisotopic (exact) mass is 434 g/mol. The Labute approximate surface area is 204 Å². The molecule has 6 nitrogen and oxygen atoms in total. The minimum atomic E-state index is -0.328. The van der Waals surface area contributed by atoms with Gasteiger partial charge in [0.05, 0.1) is 6.61 Å². The van der Waals surface area contributed by atoms with Gasteiger partial charge in [-0.3, -0.25) is 15.5 Å². The normalized spacial score (nSPS) is 11.2. The molecule has 0 aliphatic rings. The summed E-state index contributed by atoms with van der Waals surface area (Å²) in [6.07, 6.45) is 4.65. The number of hydrogen-bond donors (Lipinski definition) is 1. The van der Waals surface area contributed by atoms with E-state index in [0.29, 0.717) is 29.3 Å². The van der Waals surface area contributed by atoms with Crippen molar-refractivity contribution in [1.29, 1.82) is 0 Å². The van der Waals surface area contributed by atoms with Gasteiger partial charge in [0.15, 0.2) is 0 Å². The summed E-state index contributed by atoms with van der Waals surface area (Å²) in [5, 5.41) is 25.5. The molecule has 0 bridgehead atoms. The van der Waals surface area contributed by atoms with Crippen molar-refractivity contribution in [2.75, 3.05) is 6.61 Å². The van der Waals surface area contributed by atoms with Crippen LogP contribution in [-0.4, -0.2) is 27.1 Å². The Morgan fingerprint density at radius 3 is 2.61 bits per heavy atom. The summed E-state index contributed by atoms with van der Waals surface area (Å²) >= 11 is 0. The topological polar surface area (TPSA) is 82.2 Å². The number of ether oxygens (including phenoxy) is 1. The Kier molecular flexibility index (Phi) is 9.47. The number of unbranched alkanes of at least 4 members (excludes halogenated alkanes) is 2. The van der Waals surface area contributed by atoms with Gasteiger partial charge in [-0.05, 0) is 48.6 Å². The Morgan fingerprint density at radius 2 is 1.94 bits per heavy atom. The molecule has 8 heteroatoms. The van der Waals surface area contributed by atoms with Crippen LogP contribution in [-0.2, 0) is 11.8 Å². The van der Waals surface area contributed by atoms with E-state index >= 15 is 0 Å². The van der Waals surface area contributed by atoms with Crippen molar-refractivity contribution in [2.45, 2.75) is 58.3 Å². The molecule has 1 heterocycles. The number of nitrogens with zero attached hydrogens (tertiary/aromatic N) is 4. The summed E-state index contributed by atoms with van der Waals surface area (Å²) < 4.78 is 19.5. The van der Waals surface area contributed by atoms with Crippen LogP contribution >= 0.6 is 0 Å². The van der Waals surface area contributed by atoms with Crippen molar-refractivity contribution in [3.63, 3.8) is 0 Å². The molecular weight excluding hydrogens is 406 g/mol. The van der Waals surface area contributed by atoms with Crippen LogP contribution < -0.4 is 39.5 Å². The van der Waals surface area contributed by atoms with Gasteiger partial charge >= 0.3 is 29.6 Å². The molecule has 1 aromatic heterocycles. The number of hydrogen-bond acceptors (Lipinski definition) is 5. The fraction of sp³-hybridized carbons (Fsp3) is 0.435. The third-order valence-corrected chi connectivity index (χ3v) is 5.32. The van der Waals surface area contributed by atoms with Crippen molar-refractivity contribution < 1.29 is 43.8 Å².